The second kappa shape index (κ2) is 25.8. The van der Waals surface area contributed by atoms with Crippen molar-refractivity contribution in [2.45, 2.75) is 162 Å². The van der Waals surface area contributed by atoms with Crippen molar-refractivity contribution in [3.05, 3.63) is 0 Å². The van der Waals surface area contributed by atoms with Crippen LogP contribution in [0.3, 0.4) is 0 Å². The van der Waals surface area contributed by atoms with Crippen LogP contribution in [-0.2, 0) is 38.0 Å². The molecule has 0 amide bonds. The van der Waals surface area contributed by atoms with E-state index in [1.807, 2.05) is 111 Å². The molecule has 3 atom stereocenters. The van der Waals surface area contributed by atoms with E-state index in [1.54, 1.807) is 13.8 Å². The van der Waals surface area contributed by atoms with Crippen LogP contribution in [0, 0.1) is 29.6 Å². The summed E-state index contributed by atoms with van der Waals surface area (Å²) in [5.41, 5.74) is -0.478. The third-order valence-electron chi connectivity index (χ3n) is 5.50. The maximum absolute atomic E-state index is 11.1. The van der Waals surface area contributed by atoms with Crippen LogP contribution >= 0.6 is 0 Å². The van der Waals surface area contributed by atoms with Gasteiger partial charge in [0.05, 0.1) is 18.6 Å². The third-order valence-corrected chi connectivity index (χ3v) is 5.50. The van der Waals surface area contributed by atoms with Crippen LogP contribution in [0.1, 0.15) is 132 Å². The minimum absolute atomic E-state index is 0.0174. The summed E-state index contributed by atoms with van der Waals surface area (Å²) >= 11 is 0. The molecule has 3 unspecified atom stereocenters. The minimum Gasteiger partial charge on any atom is -0.466 e. The Morgan fingerprint density at radius 2 is 0.909 bits per heavy atom. The lowest BCUT2D eigenvalue weighted by Gasteiger charge is -2.22. The first-order chi connectivity index (χ1) is 19.7. The maximum atomic E-state index is 11.1. The molecule has 0 saturated heterocycles. The molecule has 0 aromatic rings. The van der Waals surface area contributed by atoms with Crippen molar-refractivity contribution in [3.63, 3.8) is 0 Å². The fourth-order valence-electron chi connectivity index (χ4n) is 1.81. The molecular weight excluding hydrogens is 568 g/mol. The number of esters is 2. The Bertz CT molecular complexity index is 765. The molecule has 0 aliphatic carbocycles. The molecule has 264 valence electrons. The fraction of sp³-hybridized carbons (Fsp3) is 0.882. The summed E-state index contributed by atoms with van der Waals surface area (Å²) in [6.07, 6.45) is -1.44. The van der Waals surface area contributed by atoms with Crippen LogP contribution in [0.25, 0.3) is 0 Å². The normalized spacial score (nSPS) is 12.9. The Morgan fingerprint density at radius 1 is 0.545 bits per heavy atom. The highest BCUT2D eigenvalue weighted by molar-refractivity contribution is 5.71. The van der Waals surface area contributed by atoms with Crippen molar-refractivity contribution in [1.29, 1.82) is 0 Å². The van der Waals surface area contributed by atoms with E-state index in [4.69, 9.17) is 23.7 Å². The van der Waals surface area contributed by atoms with Gasteiger partial charge in [-0.2, -0.15) is 0 Å². The lowest BCUT2D eigenvalue weighted by Crippen LogP contribution is -2.28. The Kier molecular flexibility index (Phi) is 28.3. The minimum atomic E-state index is -0.589. The number of carbonyl (C=O) groups excluding carboxylic acids is 4. The summed E-state index contributed by atoms with van der Waals surface area (Å²) in [7, 11) is 0. The van der Waals surface area contributed by atoms with E-state index < -0.39 is 17.9 Å². The highest BCUT2D eigenvalue weighted by Gasteiger charge is 2.20. The molecule has 0 bridgehead atoms. The van der Waals surface area contributed by atoms with Crippen molar-refractivity contribution >= 4 is 24.2 Å². The van der Waals surface area contributed by atoms with E-state index in [0.29, 0.717) is 30.3 Å². The van der Waals surface area contributed by atoms with Gasteiger partial charge in [0.1, 0.15) is 23.9 Å². The first-order valence-electron chi connectivity index (χ1n) is 15.8. The van der Waals surface area contributed by atoms with Crippen LogP contribution in [-0.4, -0.2) is 60.9 Å². The molecule has 0 aliphatic heterocycles. The van der Waals surface area contributed by atoms with E-state index in [2.05, 4.69) is 4.74 Å². The second-order valence-electron chi connectivity index (χ2n) is 13.8. The van der Waals surface area contributed by atoms with Gasteiger partial charge in [-0.05, 0) is 79.1 Å². The van der Waals surface area contributed by atoms with Gasteiger partial charge in [0.2, 0.25) is 0 Å². The monoisotopic (exact) mass is 636 g/mol. The van der Waals surface area contributed by atoms with Crippen LogP contribution in [0.5, 0.6) is 0 Å². The molecule has 0 aromatic heterocycles. The van der Waals surface area contributed by atoms with Crippen LogP contribution in [0.15, 0.2) is 0 Å². The highest BCUT2D eigenvalue weighted by atomic mass is 16.7. The molecule has 0 saturated carbocycles. The van der Waals surface area contributed by atoms with Crippen molar-refractivity contribution in [2.24, 2.45) is 29.6 Å². The molecule has 0 rings (SSSR count). The number of carbonyl (C=O) groups is 4. The molecule has 0 aliphatic rings. The van der Waals surface area contributed by atoms with E-state index >= 15 is 0 Å². The van der Waals surface area contributed by atoms with Crippen molar-refractivity contribution < 1.29 is 47.6 Å². The van der Waals surface area contributed by atoms with Crippen molar-refractivity contribution in [2.75, 3.05) is 6.61 Å². The van der Waals surface area contributed by atoms with E-state index in [1.165, 1.54) is 6.92 Å². The molecule has 10 nitrogen and oxygen atoms in total. The predicted octanol–water partition coefficient (Wildman–Crippen LogP) is 9.01. The first-order valence-corrected chi connectivity index (χ1v) is 15.8. The van der Waals surface area contributed by atoms with Gasteiger partial charge in [-0.25, -0.2) is 9.59 Å². The molecule has 0 spiro atoms. The average Bonchev–Trinajstić information content (AvgIpc) is 2.81. The van der Waals surface area contributed by atoms with E-state index in [-0.39, 0.29) is 42.3 Å². The van der Waals surface area contributed by atoms with Gasteiger partial charge in [0, 0.05) is 6.92 Å². The second-order valence-corrected chi connectivity index (χ2v) is 13.8. The molecule has 0 aromatic carbocycles. The summed E-state index contributed by atoms with van der Waals surface area (Å²) in [6, 6.07) is 0. The Labute approximate surface area is 269 Å². The van der Waals surface area contributed by atoms with Crippen molar-refractivity contribution in [3.8, 4) is 0 Å². The van der Waals surface area contributed by atoms with Crippen molar-refractivity contribution in [1.82, 2.24) is 0 Å². The summed E-state index contributed by atoms with van der Waals surface area (Å²) in [6.45, 7) is 36.4. The molecule has 0 fully saturated rings. The summed E-state index contributed by atoms with van der Waals surface area (Å²) in [5.74, 6) is 1.16. The van der Waals surface area contributed by atoms with Gasteiger partial charge in [0.25, 0.3) is 0 Å². The van der Waals surface area contributed by atoms with Gasteiger partial charge in [-0.15, -0.1) is 0 Å². The van der Waals surface area contributed by atoms with E-state index in [9.17, 15) is 19.2 Å². The van der Waals surface area contributed by atoms with Gasteiger partial charge in [0.15, 0.2) is 0 Å². The number of hydrogen-bond donors (Lipinski definition) is 0. The molecule has 0 N–H and O–H groups in total. The van der Waals surface area contributed by atoms with E-state index in [0.717, 1.165) is 0 Å². The number of ether oxygens (including phenoxy) is 6. The molecular formula is C34H68O10. The lowest BCUT2D eigenvalue weighted by atomic mass is 10.1. The Morgan fingerprint density at radius 3 is 1.16 bits per heavy atom. The maximum Gasteiger partial charge on any atom is 0.509 e. The highest BCUT2D eigenvalue weighted by Crippen LogP contribution is 2.12. The SMILES string of the molecule is CC(=O)OCC(C)C.CC(C)C(=O)OC(C)C(C)C.CC(C)C(C)OC(=O)OC(C)(C)C.CC(C)OC(=O)OC(C)C(C)C. The molecule has 0 heterocycles. The lowest BCUT2D eigenvalue weighted by molar-refractivity contribution is -0.154. The zero-order chi connectivity index (χ0) is 36.0. The Balaban J connectivity index is -0.000000246. The fourth-order valence-corrected chi connectivity index (χ4v) is 1.81. The third kappa shape index (κ3) is 37.5. The summed E-state index contributed by atoms with van der Waals surface area (Å²) < 4.78 is 29.6. The standard InChI is InChI=1S/C10H20O3.C9H18O3.C9H18O2.C6H12O2/c1-7(2)8(3)12-9(11)13-10(4,5)6;1-6(2)8(5)12-9(10)11-7(3)4;1-6(2)8(5)11-9(10)7(3)4;1-5(2)4-8-6(3)7/h7-8H,1-6H3;6-8H,1-5H3;6-8H,1-5H3;5H,4H2,1-3H3. The smallest absolute Gasteiger partial charge is 0.466 e. The topological polar surface area (TPSA) is 124 Å². The van der Waals surface area contributed by atoms with Crippen LogP contribution in [0.4, 0.5) is 9.59 Å². The first kappa shape index (κ1) is 48.4. The zero-order valence-corrected chi connectivity index (χ0v) is 31.5. The Hall–Kier alpha value is -2.52. The molecule has 44 heavy (non-hydrogen) atoms. The zero-order valence-electron chi connectivity index (χ0n) is 31.5. The number of hydrogen-bond acceptors (Lipinski definition) is 10. The summed E-state index contributed by atoms with van der Waals surface area (Å²) in [4.78, 5) is 43.2. The molecule has 0 radical (unpaired) electrons. The average molecular weight is 637 g/mol. The predicted molar refractivity (Wildman–Crippen MR) is 175 cm³/mol. The van der Waals surface area contributed by atoms with Gasteiger partial charge in [-0.3, -0.25) is 9.59 Å². The largest absolute Gasteiger partial charge is 0.509 e. The van der Waals surface area contributed by atoms with Gasteiger partial charge >= 0.3 is 24.2 Å². The van der Waals surface area contributed by atoms with Gasteiger partial charge in [-0.1, -0.05) is 69.2 Å². The number of rotatable bonds is 10. The van der Waals surface area contributed by atoms with Crippen LogP contribution < -0.4 is 0 Å². The summed E-state index contributed by atoms with van der Waals surface area (Å²) in [5, 5.41) is 0. The van der Waals surface area contributed by atoms with Gasteiger partial charge < -0.3 is 28.4 Å². The van der Waals surface area contributed by atoms with Crippen LogP contribution in [0.2, 0.25) is 0 Å². The quantitative estimate of drug-likeness (QED) is 0.169. The molecule has 10 heteroatoms.